The number of hydrogen-bond donors (Lipinski definition) is 2. The number of hydrogen-bond acceptors (Lipinski definition) is 4. The third kappa shape index (κ3) is 7.43. The van der Waals surface area contributed by atoms with Crippen LogP contribution in [0.3, 0.4) is 0 Å². The summed E-state index contributed by atoms with van der Waals surface area (Å²) in [6.45, 7) is 3.77. The molecule has 0 spiro atoms. The van der Waals surface area contributed by atoms with Crippen LogP contribution in [-0.2, 0) is 12.8 Å². The molecule has 1 unspecified atom stereocenters. The Balaban J connectivity index is 0.00000300. The molecule has 5 nitrogen and oxygen atoms in total. The Morgan fingerprint density at radius 2 is 2.03 bits per heavy atom. The molecule has 8 heteroatoms. The van der Waals surface area contributed by atoms with Gasteiger partial charge in [-0.05, 0) is 48.1 Å². The van der Waals surface area contributed by atoms with Gasteiger partial charge in [-0.15, -0.1) is 35.3 Å². The Kier molecular flexibility index (Phi) is 9.59. The molecule has 3 aromatic rings. The Hall–Kier alpha value is -1.94. The molecule has 0 bridgehead atoms. The second-order valence-electron chi connectivity index (χ2n) is 6.67. The molecule has 156 valence electrons. The van der Waals surface area contributed by atoms with Crippen molar-refractivity contribution in [3.63, 3.8) is 0 Å². The van der Waals surface area contributed by atoms with Crippen molar-refractivity contribution in [1.29, 1.82) is 0 Å². The normalized spacial score (nSPS) is 12.3. The fourth-order valence-corrected chi connectivity index (χ4v) is 3.66. The molecule has 2 aromatic heterocycles. The number of oxazole rings is 1. The Bertz CT molecular complexity index is 880. The van der Waals surface area contributed by atoms with Gasteiger partial charge in [-0.2, -0.15) is 0 Å². The number of aliphatic imine (C=N–C) groups is 1. The lowest BCUT2D eigenvalue weighted by atomic mass is 10.1. The van der Waals surface area contributed by atoms with E-state index in [1.165, 1.54) is 17.0 Å². The summed E-state index contributed by atoms with van der Waals surface area (Å²) in [4.78, 5) is 10.1. The van der Waals surface area contributed by atoms with Crippen molar-refractivity contribution < 1.29 is 8.81 Å². The molecule has 1 atom stereocenters. The van der Waals surface area contributed by atoms with Crippen molar-refractivity contribution in [2.24, 2.45) is 10.9 Å². The summed E-state index contributed by atoms with van der Waals surface area (Å²) in [5, 5.41) is 8.78. The number of aromatic nitrogens is 1. The molecular formula is C21H26FIN4OS. The number of benzene rings is 1. The average molecular weight is 528 g/mol. The standard InChI is InChI=1S/C21H25FN4OS.HI/c1-15(12-19-4-3-11-28-19)13-25-21(23-2)24-10-9-18-14-27-20(26-18)16-5-7-17(22)8-6-16;/h3-8,11,14-15H,9-10,12-13H2,1-2H3,(H2,23,24,25);1H. The first-order chi connectivity index (χ1) is 13.6. The number of rotatable bonds is 8. The zero-order valence-corrected chi connectivity index (χ0v) is 19.7. The minimum Gasteiger partial charge on any atom is -0.444 e. The molecule has 3 rings (SSSR count). The number of thiophene rings is 1. The van der Waals surface area contributed by atoms with Crippen LogP contribution >= 0.6 is 35.3 Å². The molecular weight excluding hydrogens is 502 g/mol. The predicted octanol–water partition coefficient (Wildman–Crippen LogP) is 4.75. The van der Waals surface area contributed by atoms with Gasteiger partial charge in [0.2, 0.25) is 5.89 Å². The van der Waals surface area contributed by atoms with E-state index >= 15 is 0 Å². The van der Waals surface area contributed by atoms with Gasteiger partial charge >= 0.3 is 0 Å². The van der Waals surface area contributed by atoms with Crippen molar-refractivity contribution in [2.75, 3.05) is 20.1 Å². The third-order valence-electron chi connectivity index (χ3n) is 4.29. The molecule has 0 aliphatic heterocycles. The highest BCUT2D eigenvalue weighted by Crippen LogP contribution is 2.19. The van der Waals surface area contributed by atoms with Gasteiger partial charge < -0.3 is 15.1 Å². The Morgan fingerprint density at radius 1 is 1.24 bits per heavy atom. The van der Waals surface area contributed by atoms with Crippen molar-refractivity contribution in [3.8, 4) is 11.5 Å². The zero-order chi connectivity index (χ0) is 19.8. The summed E-state index contributed by atoms with van der Waals surface area (Å²) < 4.78 is 18.5. The van der Waals surface area contributed by atoms with Gasteiger partial charge in [-0.3, -0.25) is 4.99 Å². The van der Waals surface area contributed by atoms with Gasteiger partial charge in [-0.1, -0.05) is 13.0 Å². The lowest BCUT2D eigenvalue weighted by Gasteiger charge is -2.15. The molecule has 29 heavy (non-hydrogen) atoms. The summed E-state index contributed by atoms with van der Waals surface area (Å²) in [6, 6.07) is 10.4. The molecule has 0 fully saturated rings. The highest BCUT2D eigenvalue weighted by atomic mass is 127. The maximum absolute atomic E-state index is 13.0. The lowest BCUT2D eigenvalue weighted by molar-refractivity contribution is 0.561. The van der Waals surface area contributed by atoms with E-state index in [4.69, 9.17) is 4.42 Å². The zero-order valence-electron chi connectivity index (χ0n) is 16.5. The van der Waals surface area contributed by atoms with E-state index in [0.29, 0.717) is 24.8 Å². The van der Waals surface area contributed by atoms with E-state index < -0.39 is 0 Å². The van der Waals surface area contributed by atoms with E-state index in [1.54, 1.807) is 36.8 Å². The number of guanidine groups is 1. The van der Waals surface area contributed by atoms with Gasteiger partial charge in [0.1, 0.15) is 12.1 Å². The van der Waals surface area contributed by atoms with Gasteiger partial charge in [0.05, 0.1) is 5.69 Å². The van der Waals surface area contributed by atoms with E-state index in [9.17, 15) is 4.39 Å². The van der Waals surface area contributed by atoms with Crippen molar-refractivity contribution >= 4 is 41.3 Å². The van der Waals surface area contributed by atoms with Crippen molar-refractivity contribution in [2.45, 2.75) is 19.8 Å². The first-order valence-electron chi connectivity index (χ1n) is 9.31. The van der Waals surface area contributed by atoms with E-state index in [-0.39, 0.29) is 29.8 Å². The molecule has 0 saturated heterocycles. The van der Waals surface area contributed by atoms with Crippen LogP contribution < -0.4 is 10.6 Å². The minimum atomic E-state index is -0.275. The first-order valence-corrected chi connectivity index (χ1v) is 10.2. The van der Waals surface area contributed by atoms with Crippen LogP contribution in [-0.4, -0.2) is 31.1 Å². The SMILES string of the molecule is CN=C(NCCc1coc(-c2ccc(F)cc2)n1)NCC(C)Cc1cccs1.I. The maximum atomic E-state index is 13.0. The number of nitrogens with one attached hydrogen (secondary N) is 2. The van der Waals surface area contributed by atoms with Crippen molar-refractivity contribution in [3.05, 3.63) is 64.4 Å². The molecule has 2 heterocycles. The molecule has 2 N–H and O–H groups in total. The van der Waals surface area contributed by atoms with Crippen LogP contribution in [0.15, 0.2) is 57.5 Å². The summed E-state index contributed by atoms with van der Waals surface area (Å²) in [7, 11) is 1.77. The van der Waals surface area contributed by atoms with Gasteiger partial charge in [0, 0.05) is 37.0 Å². The van der Waals surface area contributed by atoms with Crippen LogP contribution in [0.25, 0.3) is 11.5 Å². The van der Waals surface area contributed by atoms with E-state index in [2.05, 4.69) is 45.0 Å². The average Bonchev–Trinajstić information content (AvgIpc) is 3.37. The quantitative estimate of drug-likeness (QED) is 0.252. The lowest BCUT2D eigenvalue weighted by Crippen LogP contribution is -2.40. The van der Waals surface area contributed by atoms with E-state index in [1.807, 2.05) is 0 Å². The van der Waals surface area contributed by atoms with Gasteiger partial charge in [-0.25, -0.2) is 9.37 Å². The highest BCUT2D eigenvalue weighted by molar-refractivity contribution is 14.0. The summed E-state index contributed by atoms with van der Waals surface area (Å²) in [6.07, 6.45) is 3.41. The second kappa shape index (κ2) is 11.9. The van der Waals surface area contributed by atoms with Crippen LogP contribution in [0, 0.1) is 11.7 Å². The van der Waals surface area contributed by atoms with Crippen LogP contribution in [0.4, 0.5) is 4.39 Å². The van der Waals surface area contributed by atoms with Crippen LogP contribution in [0.2, 0.25) is 0 Å². The minimum absolute atomic E-state index is 0. The number of halogens is 2. The second-order valence-corrected chi connectivity index (χ2v) is 7.70. The number of nitrogens with zero attached hydrogens (tertiary/aromatic N) is 2. The maximum Gasteiger partial charge on any atom is 0.226 e. The molecule has 0 amide bonds. The first kappa shape index (κ1) is 23.3. The Morgan fingerprint density at radius 3 is 2.72 bits per heavy atom. The van der Waals surface area contributed by atoms with Crippen LogP contribution in [0.1, 0.15) is 17.5 Å². The molecule has 0 saturated carbocycles. The topological polar surface area (TPSA) is 62.5 Å². The summed E-state index contributed by atoms with van der Waals surface area (Å²) >= 11 is 1.80. The third-order valence-corrected chi connectivity index (χ3v) is 5.19. The molecule has 1 aromatic carbocycles. The largest absolute Gasteiger partial charge is 0.444 e. The fraction of sp³-hybridized carbons (Fsp3) is 0.333. The fourth-order valence-electron chi connectivity index (χ4n) is 2.79. The van der Waals surface area contributed by atoms with E-state index in [0.717, 1.165) is 30.2 Å². The predicted molar refractivity (Wildman–Crippen MR) is 128 cm³/mol. The summed E-state index contributed by atoms with van der Waals surface area (Å²) in [5.74, 6) is 1.52. The monoisotopic (exact) mass is 528 g/mol. The molecule has 0 radical (unpaired) electrons. The Labute approximate surface area is 191 Å². The van der Waals surface area contributed by atoms with Gasteiger partial charge in [0.25, 0.3) is 0 Å². The smallest absolute Gasteiger partial charge is 0.226 e. The summed E-state index contributed by atoms with van der Waals surface area (Å²) in [5.41, 5.74) is 1.60. The van der Waals surface area contributed by atoms with Gasteiger partial charge in [0.15, 0.2) is 5.96 Å². The van der Waals surface area contributed by atoms with Crippen LogP contribution in [0.5, 0.6) is 0 Å². The van der Waals surface area contributed by atoms with Crippen molar-refractivity contribution in [1.82, 2.24) is 15.6 Å². The molecule has 0 aliphatic rings. The molecule has 0 aliphatic carbocycles. The highest BCUT2D eigenvalue weighted by Gasteiger charge is 2.08.